The van der Waals surface area contributed by atoms with E-state index in [1.807, 2.05) is 44.2 Å². The second-order valence-corrected chi connectivity index (χ2v) is 6.61. The van der Waals surface area contributed by atoms with Crippen molar-refractivity contribution in [3.63, 3.8) is 0 Å². The number of carbonyl (C=O) groups excluding carboxylic acids is 2. The predicted octanol–water partition coefficient (Wildman–Crippen LogP) is 0.587. The zero-order valence-corrected chi connectivity index (χ0v) is 15.9. The van der Waals surface area contributed by atoms with Gasteiger partial charge in [-0.05, 0) is 11.5 Å². The van der Waals surface area contributed by atoms with E-state index >= 15 is 0 Å². The summed E-state index contributed by atoms with van der Waals surface area (Å²) in [5.41, 5.74) is 6.77. The maximum Gasteiger partial charge on any atom is 0.327 e. The second kappa shape index (κ2) is 10.8. The van der Waals surface area contributed by atoms with E-state index in [2.05, 4.69) is 23.3 Å². The van der Waals surface area contributed by atoms with Crippen molar-refractivity contribution in [2.24, 2.45) is 11.7 Å². The Labute approximate surface area is 159 Å². The first-order chi connectivity index (χ1) is 12.3. The van der Waals surface area contributed by atoms with Crippen LogP contribution in [0.3, 0.4) is 0 Å². The van der Waals surface area contributed by atoms with Crippen molar-refractivity contribution >= 4 is 30.4 Å². The van der Waals surface area contributed by atoms with Gasteiger partial charge in [0.25, 0.3) is 0 Å². The molecule has 0 saturated heterocycles. The lowest BCUT2D eigenvalue weighted by molar-refractivity contribution is -0.141. The minimum Gasteiger partial charge on any atom is -0.480 e. The van der Waals surface area contributed by atoms with Crippen molar-refractivity contribution in [1.82, 2.24) is 10.6 Å². The molecule has 0 radical (unpaired) electrons. The highest BCUT2D eigenvalue weighted by Crippen LogP contribution is 2.08. The van der Waals surface area contributed by atoms with E-state index in [1.165, 1.54) is 0 Å². The van der Waals surface area contributed by atoms with Crippen molar-refractivity contribution < 1.29 is 19.5 Å². The van der Waals surface area contributed by atoms with Crippen LogP contribution in [-0.2, 0) is 20.8 Å². The Hall–Kier alpha value is -2.06. The molecule has 0 heterocycles. The van der Waals surface area contributed by atoms with Gasteiger partial charge >= 0.3 is 5.97 Å². The number of carbonyl (C=O) groups is 3. The lowest BCUT2D eigenvalue weighted by atomic mass is 9.98. The minimum atomic E-state index is -1.19. The van der Waals surface area contributed by atoms with Gasteiger partial charge in [0.15, 0.2) is 0 Å². The summed E-state index contributed by atoms with van der Waals surface area (Å²) >= 11 is 3.94. The van der Waals surface area contributed by atoms with Crippen molar-refractivity contribution in [1.29, 1.82) is 0 Å². The number of carboxylic acids is 1. The largest absolute Gasteiger partial charge is 0.480 e. The van der Waals surface area contributed by atoms with Gasteiger partial charge in [0, 0.05) is 12.2 Å². The molecule has 0 bridgehead atoms. The molecule has 0 unspecified atom stereocenters. The first-order valence-electron chi connectivity index (χ1n) is 8.54. The number of rotatable bonds is 10. The van der Waals surface area contributed by atoms with Gasteiger partial charge in [-0.2, -0.15) is 12.6 Å². The Balaban J connectivity index is 2.92. The molecule has 0 saturated carbocycles. The number of thiol groups is 1. The van der Waals surface area contributed by atoms with E-state index in [0.29, 0.717) is 0 Å². The molecule has 2 amide bonds. The zero-order chi connectivity index (χ0) is 19.7. The number of nitrogens with two attached hydrogens (primary N) is 1. The lowest BCUT2D eigenvalue weighted by Crippen LogP contribution is -2.56. The maximum absolute atomic E-state index is 12.6. The third-order valence-electron chi connectivity index (χ3n) is 4.27. The molecule has 0 aromatic heterocycles. The summed E-state index contributed by atoms with van der Waals surface area (Å²) < 4.78 is 0. The Bertz CT molecular complexity index is 612. The molecule has 0 spiro atoms. The predicted molar refractivity (Wildman–Crippen MR) is 103 cm³/mol. The van der Waals surface area contributed by atoms with Crippen LogP contribution < -0.4 is 16.4 Å². The van der Waals surface area contributed by atoms with Crippen LogP contribution in [0.25, 0.3) is 0 Å². The molecule has 0 aliphatic rings. The van der Waals surface area contributed by atoms with Crippen LogP contribution in [0.5, 0.6) is 0 Å². The summed E-state index contributed by atoms with van der Waals surface area (Å²) in [5.74, 6) is -2.30. The van der Waals surface area contributed by atoms with Gasteiger partial charge < -0.3 is 21.5 Å². The van der Waals surface area contributed by atoms with Crippen LogP contribution in [0.2, 0.25) is 0 Å². The molecule has 4 atom stereocenters. The number of amides is 2. The van der Waals surface area contributed by atoms with Crippen LogP contribution in [-0.4, -0.2) is 46.8 Å². The Kier molecular flexibility index (Phi) is 9.15. The van der Waals surface area contributed by atoms with Crippen molar-refractivity contribution in [2.75, 3.05) is 5.75 Å². The third kappa shape index (κ3) is 6.68. The molecule has 5 N–H and O–H groups in total. The number of hydrogen-bond acceptors (Lipinski definition) is 5. The highest BCUT2D eigenvalue weighted by Gasteiger charge is 2.28. The topological polar surface area (TPSA) is 122 Å². The van der Waals surface area contributed by atoms with Gasteiger partial charge in [-0.25, -0.2) is 4.79 Å². The number of aliphatic carboxylic acids is 1. The fourth-order valence-corrected chi connectivity index (χ4v) is 2.54. The Morgan fingerprint density at radius 3 is 2.19 bits per heavy atom. The molecule has 0 aliphatic heterocycles. The van der Waals surface area contributed by atoms with Gasteiger partial charge in [0.2, 0.25) is 11.8 Å². The molecule has 0 aliphatic carbocycles. The number of benzene rings is 1. The third-order valence-corrected chi connectivity index (χ3v) is 4.64. The highest BCUT2D eigenvalue weighted by atomic mass is 32.1. The smallest absolute Gasteiger partial charge is 0.327 e. The Morgan fingerprint density at radius 2 is 1.69 bits per heavy atom. The number of hydrogen-bond donors (Lipinski definition) is 5. The van der Waals surface area contributed by atoms with Crippen molar-refractivity contribution in [2.45, 2.75) is 44.8 Å². The zero-order valence-electron chi connectivity index (χ0n) is 15.0. The molecule has 0 fully saturated rings. The quantitative estimate of drug-likeness (QED) is 0.380. The Morgan fingerprint density at radius 1 is 1.12 bits per heavy atom. The SMILES string of the molecule is CC[C@H](C)[C@H](N)C(=O)N[C@@H](Cc1ccccc1)C(=O)N[C@@H](CS)C(=O)O. The average molecular weight is 381 g/mol. The standard InChI is InChI=1S/C18H27N3O4S/c1-3-11(2)15(19)17(23)20-13(9-12-7-5-4-6-8-12)16(22)21-14(10-26)18(24)25/h4-8,11,13-15,26H,3,9-10,19H2,1-2H3,(H,20,23)(H,21,22)(H,24,25)/t11-,13-,14-,15-/m0/s1. The monoisotopic (exact) mass is 381 g/mol. The summed E-state index contributed by atoms with van der Waals surface area (Å²) in [6, 6.07) is 6.34. The van der Waals surface area contributed by atoms with Crippen molar-refractivity contribution in [3.8, 4) is 0 Å². The molecule has 8 heteroatoms. The summed E-state index contributed by atoms with van der Waals surface area (Å²) in [5, 5.41) is 14.2. The van der Waals surface area contributed by atoms with Crippen LogP contribution in [0, 0.1) is 5.92 Å². The van der Waals surface area contributed by atoms with E-state index in [0.717, 1.165) is 12.0 Å². The highest BCUT2D eigenvalue weighted by molar-refractivity contribution is 7.80. The molecule has 1 rings (SSSR count). The van der Waals surface area contributed by atoms with E-state index in [9.17, 15) is 14.4 Å². The number of nitrogens with one attached hydrogen (secondary N) is 2. The fourth-order valence-electron chi connectivity index (χ4n) is 2.30. The van der Waals surface area contributed by atoms with Gasteiger partial charge in [0.05, 0.1) is 6.04 Å². The van der Waals surface area contributed by atoms with Crippen LogP contribution in [0.15, 0.2) is 30.3 Å². The first-order valence-corrected chi connectivity index (χ1v) is 9.17. The fraction of sp³-hybridized carbons (Fsp3) is 0.500. The van der Waals surface area contributed by atoms with E-state index in [1.54, 1.807) is 0 Å². The molecule has 1 aromatic carbocycles. The molecule has 26 heavy (non-hydrogen) atoms. The maximum atomic E-state index is 12.6. The van der Waals surface area contributed by atoms with Crippen LogP contribution in [0.1, 0.15) is 25.8 Å². The van der Waals surface area contributed by atoms with E-state index < -0.39 is 35.9 Å². The number of carboxylic acid groups (broad SMARTS) is 1. The molecule has 144 valence electrons. The van der Waals surface area contributed by atoms with Crippen LogP contribution >= 0.6 is 12.6 Å². The lowest BCUT2D eigenvalue weighted by Gasteiger charge is -2.24. The minimum absolute atomic E-state index is 0.0420. The normalized spacial score (nSPS) is 15.4. The molecule has 7 nitrogen and oxygen atoms in total. The van der Waals surface area contributed by atoms with E-state index in [4.69, 9.17) is 10.8 Å². The summed E-state index contributed by atoms with van der Waals surface area (Å²) in [4.78, 5) is 36.1. The van der Waals surface area contributed by atoms with E-state index in [-0.39, 0.29) is 18.1 Å². The van der Waals surface area contributed by atoms with Crippen LogP contribution in [0.4, 0.5) is 0 Å². The first kappa shape index (κ1) is 22.0. The van der Waals surface area contributed by atoms with Gasteiger partial charge in [-0.15, -0.1) is 0 Å². The second-order valence-electron chi connectivity index (χ2n) is 6.24. The van der Waals surface area contributed by atoms with Gasteiger partial charge in [-0.3, -0.25) is 9.59 Å². The molecular formula is C18H27N3O4S. The molecular weight excluding hydrogens is 354 g/mol. The van der Waals surface area contributed by atoms with Gasteiger partial charge in [-0.1, -0.05) is 50.6 Å². The molecule has 1 aromatic rings. The summed E-state index contributed by atoms with van der Waals surface area (Å²) in [7, 11) is 0. The summed E-state index contributed by atoms with van der Waals surface area (Å²) in [6.07, 6.45) is 0.954. The van der Waals surface area contributed by atoms with Gasteiger partial charge in [0.1, 0.15) is 12.1 Å². The average Bonchev–Trinajstić information content (AvgIpc) is 2.64. The summed E-state index contributed by atoms with van der Waals surface area (Å²) in [6.45, 7) is 3.79. The van der Waals surface area contributed by atoms with Crippen molar-refractivity contribution in [3.05, 3.63) is 35.9 Å².